The van der Waals surface area contributed by atoms with Crippen LogP contribution in [-0.4, -0.2) is 41.0 Å². The Kier molecular flexibility index (Phi) is 4.53. The molecule has 0 unspecified atom stereocenters. The van der Waals surface area contributed by atoms with Crippen LogP contribution in [0.2, 0.25) is 0 Å². The quantitative estimate of drug-likeness (QED) is 0.791. The number of benzene rings is 2. The molecule has 0 aliphatic carbocycles. The number of aromatic amines is 1. The first-order chi connectivity index (χ1) is 12.3. The zero-order valence-corrected chi connectivity index (χ0v) is 14.7. The van der Waals surface area contributed by atoms with E-state index in [1.807, 2.05) is 24.4 Å². The molecule has 1 aromatic heterocycles. The molecule has 1 fully saturated rings. The molecule has 0 bridgehead atoms. The lowest BCUT2D eigenvalue weighted by Crippen LogP contribution is -2.46. The Morgan fingerprint density at radius 2 is 1.76 bits per heavy atom. The summed E-state index contributed by atoms with van der Waals surface area (Å²) in [6.07, 6.45) is 1.97. The zero-order chi connectivity index (χ0) is 17.1. The van der Waals surface area contributed by atoms with Crippen LogP contribution in [0.4, 0.5) is 5.69 Å². The Hall–Kier alpha value is -2.59. The van der Waals surface area contributed by atoms with E-state index in [-0.39, 0.29) is 0 Å². The van der Waals surface area contributed by atoms with Gasteiger partial charge in [0.2, 0.25) is 0 Å². The molecule has 0 atom stereocenters. The van der Waals surface area contributed by atoms with Gasteiger partial charge in [-0.25, -0.2) is 4.98 Å². The van der Waals surface area contributed by atoms with Crippen LogP contribution in [-0.2, 0) is 6.54 Å². The Morgan fingerprint density at radius 3 is 2.52 bits per heavy atom. The van der Waals surface area contributed by atoms with Crippen molar-refractivity contribution in [3.8, 4) is 11.4 Å². The van der Waals surface area contributed by atoms with Crippen molar-refractivity contribution < 1.29 is 0 Å². The van der Waals surface area contributed by atoms with Crippen LogP contribution < -0.4 is 4.90 Å². The Balaban J connectivity index is 1.35. The van der Waals surface area contributed by atoms with Gasteiger partial charge in [0.05, 0.1) is 0 Å². The number of imidazole rings is 1. The highest BCUT2D eigenvalue weighted by Crippen LogP contribution is 2.19. The fraction of sp³-hybridized carbons (Fsp3) is 0.286. The topological polar surface area (TPSA) is 35.2 Å². The lowest BCUT2D eigenvalue weighted by Gasteiger charge is -2.36. The molecule has 128 valence electrons. The number of H-pyrrole nitrogens is 1. The van der Waals surface area contributed by atoms with Crippen LogP contribution in [0.15, 0.2) is 60.8 Å². The average molecular weight is 332 g/mol. The monoisotopic (exact) mass is 332 g/mol. The SMILES string of the molecule is Cc1cccc(N2CCN(Cc3cnc(-c4ccccc4)[nH]3)CC2)c1. The number of rotatable bonds is 4. The van der Waals surface area contributed by atoms with Crippen molar-refractivity contribution in [3.05, 3.63) is 72.1 Å². The molecule has 2 aromatic carbocycles. The minimum atomic E-state index is 0.932. The number of anilines is 1. The van der Waals surface area contributed by atoms with Crippen LogP contribution in [0.5, 0.6) is 0 Å². The van der Waals surface area contributed by atoms with E-state index in [0.29, 0.717) is 0 Å². The maximum Gasteiger partial charge on any atom is 0.137 e. The summed E-state index contributed by atoms with van der Waals surface area (Å²) >= 11 is 0. The standard InChI is InChI=1S/C21H24N4/c1-17-6-5-9-20(14-17)25-12-10-24(11-13-25)16-19-15-22-21(23-19)18-7-3-2-4-8-18/h2-9,14-15H,10-13,16H2,1H3,(H,22,23). The van der Waals surface area contributed by atoms with Gasteiger partial charge in [-0.3, -0.25) is 4.90 Å². The van der Waals surface area contributed by atoms with E-state index in [2.05, 4.69) is 63.1 Å². The maximum absolute atomic E-state index is 4.53. The molecule has 4 rings (SSSR count). The van der Waals surface area contributed by atoms with Gasteiger partial charge in [0.15, 0.2) is 0 Å². The summed E-state index contributed by atoms with van der Waals surface area (Å²) in [7, 11) is 0. The minimum absolute atomic E-state index is 0.932. The molecule has 0 radical (unpaired) electrons. The highest BCUT2D eigenvalue weighted by atomic mass is 15.3. The Labute approximate surface area is 149 Å². The molecular weight excluding hydrogens is 308 g/mol. The van der Waals surface area contributed by atoms with Crippen LogP contribution in [0.25, 0.3) is 11.4 Å². The van der Waals surface area contributed by atoms with Crippen molar-refractivity contribution in [1.82, 2.24) is 14.9 Å². The second-order valence-electron chi connectivity index (χ2n) is 6.73. The van der Waals surface area contributed by atoms with Crippen molar-refractivity contribution >= 4 is 5.69 Å². The highest BCUT2D eigenvalue weighted by Gasteiger charge is 2.18. The first-order valence-electron chi connectivity index (χ1n) is 8.91. The number of hydrogen-bond acceptors (Lipinski definition) is 3. The predicted octanol–water partition coefficient (Wildman–Crippen LogP) is 3.71. The minimum Gasteiger partial charge on any atom is -0.369 e. The van der Waals surface area contributed by atoms with Crippen molar-refractivity contribution in [2.75, 3.05) is 31.1 Å². The first kappa shape index (κ1) is 15.9. The third-order valence-corrected chi connectivity index (χ3v) is 4.81. The molecule has 1 aliphatic heterocycles. The molecule has 1 N–H and O–H groups in total. The summed E-state index contributed by atoms with van der Waals surface area (Å²) in [5.74, 6) is 0.953. The summed E-state index contributed by atoms with van der Waals surface area (Å²) in [4.78, 5) is 13.0. The zero-order valence-electron chi connectivity index (χ0n) is 14.7. The van der Waals surface area contributed by atoms with Crippen LogP contribution >= 0.6 is 0 Å². The van der Waals surface area contributed by atoms with Gasteiger partial charge in [-0.05, 0) is 24.6 Å². The Bertz CT molecular complexity index is 817. The molecule has 1 saturated heterocycles. The van der Waals surface area contributed by atoms with Crippen molar-refractivity contribution in [3.63, 3.8) is 0 Å². The lowest BCUT2D eigenvalue weighted by atomic mass is 10.2. The van der Waals surface area contributed by atoms with Crippen LogP contribution in [0.1, 0.15) is 11.3 Å². The number of aromatic nitrogens is 2. The fourth-order valence-corrected chi connectivity index (χ4v) is 3.41. The van der Waals surface area contributed by atoms with Crippen LogP contribution in [0.3, 0.4) is 0 Å². The van der Waals surface area contributed by atoms with Gasteiger partial charge in [0, 0.05) is 55.9 Å². The molecule has 4 heteroatoms. The number of nitrogens with zero attached hydrogens (tertiary/aromatic N) is 3. The molecule has 0 saturated carbocycles. The van der Waals surface area contributed by atoms with Gasteiger partial charge in [-0.15, -0.1) is 0 Å². The normalized spacial score (nSPS) is 15.5. The molecule has 25 heavy (non-hydrogen) atoms. The van der Waals surface area contributed by atoms with E-state index < -0.39 is 0 Å². The molecule has 1 aliphatic rings. The van der Waals surface area contributed by atoms with Crippen molar-refractivity contribution in [2.24, 2.45) is 0 Å². The predicted molar refractivity (Wildman–Crippen MR) is 103 cm³/mol. The van der Waals surface area contributed by atoms with Gasteiger partial charge in [-0.1, -0.05) is 42.5 Å². The third-order valence-electron chi connectivity index (χ3n) is 4.81. The van der Waals surface area contributed by atoms with Crippen molar-refractivity contribution in [1.29, 1.82) is 0 Å². The van der Waals surface area contributed by atoms with E-state index in [1.54, 1.807) is 0 Å². The van der Waals surface area contributed by atoms with E-state index >= 15 is 0 Å². The number of nitrogens with one attached hydrogen (secondary N) is 1. The van der Waals surface area contributed by atoms with E-state index in [1.165, 1.54) is 16.9 Å². The van der Waals surface area contributed by atoms with Gasteiger partial charge in [0.25, 0.3) is 0 Å². The molecule has 2 heterocycles. The summed E-state index contributed by atoms with van der Waals surface area (Å²) in [6.45, 7) is 7.39. The van der Waals surface area contributed by atoms with Gasteiger partial charge >= 0.3 is 0 Å². The van der Waals surface area contributed by atoms with Gasteiger partial charge in [0.1, 0.15) is 5.82 Å². The number of hydrogen-bond donors (Lipinski definition) is 1. The maximum atomic E-state index is 4.53. The van der Waals surface area contributed by atoms with Crippen molar-refractivity contribution in [2.45, 2.75) is 13.5 Å². The molecular formula is C21H24N4. The number of piperazine rings is 1. The fourth-order valence-electron chi connectivity index (χ4n) is 3.41. The summed E-state index contributed by atoms with van der Waals surface area (Å²) < 4.78 is 0. The average Bonchev–Trinajstić information content (AvgIpc) is 3.12. The second kappa shape index (κ2) is 7.11. The second-order valence-corrected chi connectivity index (χ2v) is 6.73. The largest absolute Gasteiger partial charge is 0.369 e. The highest BCUT2D eigenvalue weighted by molar-refractivity contribution is 5.54. The van der Waals surface area contributed by atoms with E-state index in [4.69, 9.17) is 0 Å². The number of aryl methyl sites for hydroxylation is 1. The lowest BCUT2D eigenvalue weighted by molar-refractivity contribution is 0.247. The van der Waals surface area contributed by atoms with E-state index in [9.17, 15) is 0 Å². The summed E-state index contributed by atoms with van der Waals surface area (Å²) in [5, 5.41) is 0. The summed E-state index contributed by atoms with van der Waals surface area (Å²) in [5.41, 5.74) is 4.99. The van der Waals surface area contributed by atoms with E-state index in [0.717, 1.165) is 44.1 Å². The molecule has 4 nitrogen and oxygen atoms in total. The third kappa shape index (κ3) is 3.74. The summed E-state index contributed by atoms with van der Waals surface area (Å²) in [6, 6.07) is 19.1. The van der Waals surface area contributed by atoms with Crippen LogP contribution in [0, 0.1) is 6.92 Å². The van der Waals surface area contributed by atoms with Gasteiger partial charge in [-0.2, -0.15) is 0 Å². The smallest absolute Gasteiger partial charge is 0.137 e. The molecule has 0 amide bonds. The molecule has 3 aromatic rings. The Morgan fingerprint density at radius 1 is 0.960 bits per heavy atom. The molecule has 0 spiro atoms. The first-order valence-corrected chi connectivity index (χ1v) is 8.91. The van der Waals surface area contributed by atoms with Gasteiger partial charge < -0.3 is 9.88 Å².